The molecule has 0 unspecified atom stereocenters. The molecule has 0 spiro atoms. The predicted octanol–water partition coefficient (Wildman–Crippen LogP) is 2.41. The molecular formula is C14H16F3NO4S. The average Bonchev–Trinajstić information content (AvgIpc) is 2.45. The molecule has 23 heavy (non-hydrogen) atoms. The molecule has 1 saturated heterocycles. The second kappa shape index (κ2) is 6.03. The maximum atomic E-state index is 13.3. The van der Waals surface area contributed by atoms with E-state index in [1.165, 1.54) is 4.90 Å². The van der Waals surface area contributed by atoms with Crippen LogP contribution in [-0.4, -0.2) is 38.8 Å². The van der Waals surface area contributed by atoms with E-state index in [0.29, 0.717) is 6.07 Å². The Morgan fingerprint density at radius 2 is 1.83 bits per heavy atom. The van der Waals surface area contributed by atoms with Crippen molar-refractivity contribution < 1.29 is 31.5 Å². The van der Waals surface area contributed by atoms with Gasteiger partial charge < -0.3 is 10.0 Å². The third-order valence-corrected chi connectivity index (χ3v) is 5.00. The lowest BCUT2D eigenvalue weighted by atomic mass is 9.96. The number of rotatable bonds is 3. The molecule has 5 nitrogen and oxygen atoms in total. The molecule has 0 radical (unpaired) electrons. The van der Waals surface area contributed by atoms with Gasteiger partial charge >= 0.3 is 12.1 Å². The number of alkyl halides is 3. The van der Waals surface area contributed by atoms with Gasteiger partial charge in [0, 0.05) is 25.0 Å². The molecular weight excluding hydrogens is 335 g/mol. The van der Waals surface area contributed by atoms with Gasteiger partial charge in [-0.1, -0.05) is 0 Å². The number of hydrogen-bond donors (Lipinski definition) is 1. The van der Waals surface area contributed by atoms with Gasteiger partial charge in [0.2, 0.25) is 0 Å². The largest absolute Gasteiger partial charge is 0.481 e. The number of halogens is 3. The fourth-order valence-electron chi connectivity index (χ4n) is 2.62. The highest BCUT2D eigenvalue weighted by atomic mass is 32.2. The molecule has 0 saturated carbocycles. The summed E-state index contributed by atoms with van der Waals surface area (Å²) < 4.78 is 62.7. The molecule has 1 heterocycles. The Labute approximate surface area is 131 Å². The predicted molar refractivity (Wildman–Crippen MR) is 77.1 cm³/mol. The third kappa shape index (κ3) is 3.95. The van der Waals surface area contributed by atoms with Crippen LogP contribution in [0.5, 0.6) is 0 Å². The minimum absolute atomic E-state index is 0.117. The van der Waals surface area contributed by atoms with Gasteiger partial charge in [0.25, 0.3) is 0 Å². The molecule has 0 bridgehead atoms. The van der Waals surface area contributed by atoms with Crippen LogP contribution < -0.4 is 4.90 Å². The zero-order valence-electron chi connectivity index (χ0n) is 12.3. The lowest BCUT2D eigenvalue weighted by Crippen LogP contribution is -2.37. The van der Waals surface area contributed by atoms with Gasteiger partial charge in [0.1, 0.15) is 0 Å². The summed E-state index contributed by atoms with van der Waals surface area (Å²) in [6.07, 6.45) is -3.35. The van der Waals surface area contributed by atoms with Crippen molar-refractivity contribution in [3.63, 3.8) is 0 Å². The van der Waals surface area contributed by atoms with Crippen LogP contribution in [0.2, 0.25) is 0 Å². The summed E-state index contributed by atoms with van der Waals surface area (Å²) in [5.41, 5.74) is -1.14. The Morgan fingerprint density at radius 3 is 2.26 bits per heavy atom. The second-order valence-corrected chi connectivity index (χ2v) is 7.56. The van der Waals surface area contributed by atoms with Crippen molar-refractivity contribution in [3.8, 4) is 0 Å². The molecule has 0 aromatic heterocycles. The van der Waals surface area contributed by atoms with Gasteiger partial charge in [-0.15, -0.1) is 0 Å². The number of carboxylic acid groups (broad SMARTS) is 1. The van der Waals surface area contributed by atoms with Crippen molar-refractivity contribution >= 4 is 21.5 Å². The number of nitrogens with zero attached hydrogens (tertiary/aromatic N) is 1. The van der Waals surface area contributed by atoms with Crippen LogP contribution in [0.1, 0.15) is 18.4 Å². The summed E-state index contributed by atoms with van der Waals surface area (Å²) >= 11 is 0. The van der Waals surface area contributed by atoms with Crippen LogP contribution in [0.3, 0.4) is 0 Å². The topological polar surface area (TPSA) is 74.7 Å². The van der Waals surface area contributed by atoms with Gasteiger partial charge in [-0.05, 0) is 31.0 Å². The highest BCUT2D eigenvalue weighted by molar-refractivity contribution is 7.90. The normalized spacial score (nSPS) is 17.3. The fraction of sp³-hybridized carbons (Fsp3) is 0.500. The first-order chi connectivity index (χ1) is 10.5. The van der Waals surface area contributed by atoms with Gasteiger partial charge in [0.15, 0.2) is 9.84 Å². The van der Waals surface area contributed by atoms with E-state index >= 15 is 0 Å². The summed E-state index contributed by atoms with van der Waals surface area (Å²) in [4.78, 5) is 12.0. The molecule has 1 aromatic carbocycles. The number of aliphatic carboxylic acids is 1. The molecule has 0 aliphatic carbocycles. The third-order valence-electron chi connectivity index (χ3n) is 3.89. The smallest absolute Gasteiger partial charge is 0.418 e. The molecule has 0 amide bonds. The Hall–Kier alpha value is -1.77. The summed E-state index contributed by atoms with van der Waals surface area (Å²) in [5.74, 6) is -1.51. The van der Waals surface area contributed by atoms with Gasteiger partial charge in [-0.2, -0.15) is 13.2 Å². The van der Waals surface area contributed by atoms with Crippen molar-refractivity contribution in [1.29, 1.82) is 0 Å². The fourth-order valence-corrected chi connectivity index (χ4v) is 3.26. The SMILES string of the molecule is CS(=O)(=O)c1ccc(N2CCC(C(=O)O)CC2)c(C(F)(F)F)c1. The highest BCUT2D eigenvalue weighted by Gasteiger charge is 2.37. The minimum Gasteiger partial charge on any atom is -0.481 e. The Bertz CT molecular complexity index is 707. The Morgan fingerprint density at radius 1 is 1.26 bits per heavy atom. The summed E-state index contributed by atoms with van der Waals surface area (Å²) in [6, 6.07) is 2.91. The number of benzene rings is 1. The number of piperidine rings is 1. The number of anilines is 1. The van der Waals surface area contributed by atoms with Crippen LogP contribution in [0.15, 0.2) is 23.1 Å². The molecule has 0 atom stereocenters. The van der Waals surface area contributed by atoms with Crippen molar-refractivity contribution in [3.05, 3.63) is 23.8 Å². The number of hydrogen-bond acceptors (Lipinski definition) is 4. The first-order valence-electron chi connectivity index (χ1n) is 6.89. The Balaban J connectivity index is 2.38. The van der Waals surface area contributed by atoms with Crippen molar-refractivity contribution in [2.45, 2.75) is 23.9 Å². The lowest BCUT2D eigenvalue weighted by Gasteiger charge is -2.33. The monoisotopic (exact) mass is 351 g/mol. The number of sulfone groups is 1. The minimum atomic E-state index is -4.69. The molecule has 1 aromatic rings. The molecule has 1 aliphatic rings. The van der Waals surface area contributed by atoms with Crippen molar-refractivity contribution in [2.75, 3.05) is 24.2 Å². The maximum Gasteiger partial charge on any atom is 0.418 e. The van der Waals surface area contributed by atoms with E-state index in [9.17, 15) is 26.4 Å². The quantitative estimate of drug-likeness (QED) is 0.905. The number of carbonyl (C=O) groups is 1. The van der Waals surface area contributed by atoms with Crippen LogP contribution >= 0.6 is 0 Å². The first-order valence-corrected chi connectivity index (χ1v) is 8.78. The van der Waals surface area contributed by atoms with Gasteiger partial charge in [0.05, 0.1) is 16.4 Å². The van der Waals surface area contributed by atoms with E-state index in [1.807, 2.05) is 0 Å². The second-order valence-electron chi connectivity index (χ2n) is 5.55. The van der Waals surface area contributed by atoms with Crippen molar-refractivity contribution in [2.24, 2.45) is 5.92 Å². The number of carboxylic acids is 1. The van der Waals surface area contributed by atoms with E-state index in [1.54, 1.807) is 0 Å². The zero-order valence-corrected chi connectivity index (χ0v) is 13.1. The van der Waals surface area contributed by atoms with Gasteiger partial charge in [-0.25, -0.2) is 8.42 Å². The highest BCUT2D eigenvalue weighted by Crippen LogP contribution is 2.39. The summed E-state index contributed by atoms with van der Waals surface area (Å²) in [5, 5.41) is 8.94. The van der Waals surface area contributed by atoms with Crippen LogP contribution in [-0.2, 0) is 20.8 Å². The van der Waals surface area contributed by atoms with Crippen LogP contribution in [0.4, 0.5) is 18.9 Å². The van der Waals surface area contributed by atoms with E-state index in [-0.39, 0.29) is 31.6 Å². The molecule has 1 N–H and O–H groups in total. The molecule has 2 rings (SSSR count). The van der Waals surface area contributed by atoms with E-state index in [4.69, 9.17) is 5.11 Å². The van der Waals surface area contributed by atoms with E-state index in [2.05, 4.69) is 0 Å². The van der Waals surface area contributed by atoms with Crippen LogP contribution in [0.25, 0.3) is 0 Å². The lowest BCUT2D eigenvalue weighted by molar-refractivity contribution is -0.142. The molecule has 1 fully saturated rings. The first kappa shape index (κ1) is 17.6. The van der Waals surface area contributed by atoms with Crippen molar-refractivity contribution in [1.82, 2.24) is 0 Å². The molecule has 9 heteroatoms. The summed E-state index contributed by atoms with van der Waals surface area (Å²) in [7, 11) is -3.75. The van der Waals surface area contributed by atoms with Crippen LogP contribution in [0, 0.1) is 5.92 Å². The van der Waals surface area contributed by atoms with E-state index in [0.717, 1.165) is 18.4 Å². The Kier molecular flexibility index (Phi) is 4.61. The standard InChI is InChI=1S/C14H16F3NO4S/c1-23(21,22)10-2-3-12(11(8-10)14(15,16)17)18-6-4-9(5-7-18)13(19)20/h2-3,8-9H,4-7H2,1H3,(H,19,20). The van der Waals surface area contributed by atoms with Gasteiger partial charge in [-0.3, -0.25) is 4.79 Å². The van der Waals surface area contributed by atoms with E-state index < -0.39 is 38.4 Å². The zero-order chi connectivity index (χ0) is 17.4. The average molecular weight is 351 g/mol. The molecule has 1 aliphatic heterocycles. The molecule has 128 valence electrons. The maximum absolute atomic E-state index is 13.3. The summed E-state index contributed by atoms with van der Waals surface area (Å²) in [6.45, 7) is 0.358.